The zero-order valence-corrected chi connectivity index (χ0v) is 17.3. The van der Waals surface area contributed by atoms with Crippen LogP contribution in [0, 0.1) is 12.7 Å². The number of carbonyl (C=O) groups excluding carboxylic acids is 1. The van der Waals surface area contributed by atoms with Gasteiger partial charge >= 0.3 is 0 Å². The molecule has 0 bridgehead atoms. The molecule has 0 aliphatic rings. The summed E-state index contributed by atoms with van der Waals surface area (Å²) in [5.74, 6) is 0.415. The number of aromatic nitrogens is 4. The second-order valence-corrected chi connectivity index (χ2v) is 7.20. The summed E-state index contributed by atoms with van der Waals surface area (Å²) in [4.78, 5) is 16.6. The summed E-state index contributed by atoms with van der Waals surface area (Å²) < 4.78 is 17.0. The van der Waals surface area contributed by atoms with Crippen molar-refractivity contribution in [1.82, 2.24) is 19.3 Å². The van der Waals surface area contributed by atoms with Gasteiger partial charge in [-0.15, -0.1) is 0 Å². The highest BCUT2D eigenvalue weighted by molar-refractivity contribution is 6.02. The summed E-state index contributed by atoms with van der Waals surface area (Å²) in [6, 6.07) is 13.9. The number of amides is 1. The molecule has 156 valence electrons. The van der Waals surface area contributed by atoms with E-state index in [-0.39, 0.29) is 11.7 Å². The maximum absolute atomic E-state index is 13.2. The molecule has 4 rings (SSSR count). The molecule has 6 nitrogen and oxygen atoms in total. The summed E-state index contributed by atoms with van der Waals surface area (Å²) >= 11 is 0. The first-order valence-electron chi connectivity index (χ1n) is 9.83. The lowest BCUT2D eigenvalue weighted by Gasteiger charge is -2.07. The second-order valence-electron chi connectivity index (χ2n) is 7.20. The van der Waals surface area contributed by atoms with E-state index in [1.54, 1.807) is 35.3 Å². The molecular weight excluding hydrogens is 393 g/mol. The van der Waals surface area contributed by atoms with E-state index in [4.69, 9.17) is 0 Å². The minimum atomic E-state index is -0.298. The van der Waals surface area contributed by atoms with Gasteiger partial charge in [-0.1, -0.05) is 12.1 Å². The van der Waals surface area contributed by atoms with Crippen LogP contribution in [0.1, 0.15) is 17.0 Å². The molecule has 7 heteroatoms. The number of hydrogen-bond donors (Lipinski definition) is 1. The van der Waals surface area contributed by atoms with E-state index >= 15 is 0 Å². The Morgan fingerprint density at radius 3 is 2.55 bits per heavy atom. The van der Waals surface area contributed by atoms with Crippen LogP contribution >= 0.6 is 0 Å². The Morgan fingerprint density at radius 2 is 1.87 bits per heavy atom. The number of carbonyl (C=O) groups is 1. The third kappa shape index (κ3) is 4.78. The van der Waals surface area contributed by atoms with Gasteiger partial charge in [0.25, 0.3) is 0 Å². The van der Waals surface area contributed by atoms with Gasteiger partial charge in [-0.3, -0.25) is 9.48 Å². The van der Waals surface area contributed by atoms with Crippen LogP contribution in [0.5, 0.6) is 0 Å². The van der Waals surface area contributed by atoms with Crippen LogP contribution in [0.25, 0.3) is 17.3 Å². The largest absolute Gasteiger partial charge is 0.331 e. The first-order valence-corrected chi connectivity index (χ1v) is 9.83. The van der Waals surface area contributed by atoms with Crippen molar-refractivity contribution in [2.75, 3.05) is 5.32 Å². The van der Waals surface area contributed by atoms with Crippen molar-refractivity contribution in [3.63, 3.8) is 0 Å². The van der Waals surface area contributed by atoms with E-state index in [9.17, 15) is 9.18 Å². The number of nitrogens with zero attached hydrogens (tertiary/aromatic N) is 4. The Balaban J connectivity index is 1.42. The highest BCUT2D eigenvalue weighted by atomic mass is 19.1. The van der Waals surface area contributed by atoms with Gasteiger partial charge in [0, 0.05) is 48.9 Å². The molecule has 31 heavy (non-hydrogen) atoms. The molecule has 0 atom stereocenters. The fourth-order valence-corrected chi connectivity index (χ4v) is 3.35. The Morgan fingerprint density at radius 1 is 1.13 bits per heavy atom. The van der Waals surface area contributed by atoms with Crippen LogP contribution in [0.15, 0.2) is 73.2 Å². The first kappa shape index (κ1) is 20.3. The molecule has 2 aromatic heterocycles. The van der Waals surface area contributed by atoms with Crippen LogP contribution in [0.3, 0.4) is 0 Å². The van der Waals surface area contributed by atoms with Crippen molar-refractivity contribution in [3.8, 4) is 11.3 Å². The molecule has 0 fully saturated rings. The summed E-state index contributed by atoms with van der Waals surface area (Å²) in [6.45, 7) is 2.69. The highest BCUT2D eigenvalue weighted by Gasteiger charge is 2.09. The summed E-state index contributed by atoms with van der Waals surface area (Å²) in [7, 11) is 1.81. The number of hydrogen-bond acceptors (Lipinski definition) is 3. The maximum atomic E-state index is 13.2. The fourth-order valence-electron chi connectivity index (χ4n) is 3.35. The minimum absolute atomic E-state index is 0.243. The van der Waals surface area contributed by atoms with Gasteiger partial charge in [0.2, 0.25) is 5.91 Å². The van der Waals surface area contributed by atoms with Crippen LogP contribution < -0.4 is 5.32 Å². The van der Waals surface area contributed by atoms with Crippen LogP contribution in [0.4, 0.5) is 10.1 Å². The molecule has 0 spiro atoms. The van der Waals surface area contributed by atoms with Gasteiger partial charge in [0.1, 0.15) is 11.6 Å². The van der Waals surface area contributed by atoms with Crippen molar-refractivity contribution in [1.29, 1.82) is 0 Å². The maximum Gasteiger partial charge on any atom is 0.248 e. The number of benzene rings is 2. The number of halogens is 1. The SMILES string of the molecule is Cc1nccn1Cc1ccc(NC(=O)C=Cc2cnn(C)c2-c2ccc(F)cc2)cc1. The van der Waals surface area contributed by atoms with E-state index in [1.807, 2.05) is 44.4 Å². The Kier molecular flexibility index (Phi) is 5.75. The van der Waals surface area contributed by atoms with Gasteiger partial charge in [-0.25, -0.2) is 9.37 Å². The van der Waals surface area contributed by atoms with Gasteiger partial charge in [0.15, 0.2) is 0 Å². The molecule has 1 N–H and O–H groups in total. The van der Waals surface area contributed by atoms with Crippen molar-refractivity contribution in [2.45, 2.75) is 13.5 Å². The number of aryl methyl sites for hydroxylation is 2. The van der Waals surface area contributed by atoms with Gasteiger partial charge in [0.05, 0.1) is 11.9 Å². The summed E-state index contributed by atoms with van der Waals surface area (Å²) in [5.41, 5.74) is 4.24. The monoisotopic (exact) mass is 415 g/mol. The molecule has 0 aliphatic heterocycles. The van der Waals surface area contributed by atoms with E-state index in [0.717, 1.165) is 34.8 Å². The smallest absolute Gasteiger partial charge is 0.248 e. The van der Waals surface area contributed by atoms with E-state index in [1.165, 1.54) is 18.2 Å². The predicted molar refractivity (Wildman–Crippen MR) is 119 cm³/mol. The summed E-state index contributed by atoms with van der Waals surface area (Å²) in [5, 5.41) is 7.12. The molecule has 4 aromatic rings. The van der Waals surface area contributed by atoms with Gasteiger partial charge in [-0.05, 0) is 55.0 Å². The number of rotatable bonds is 6. The second kappa shape index (κ2) is 8.79. The lowest BCUT2D eigenvalue weighted by atomic mass is 10.1. The molecule has 0 saturated heterocycles. The molecular formula is C24H22FN5O. The molecule has 0 unspecified atom stereocenters. The number of nitrogens with one attached hydrogen (secondary N) is 1. The van der Waals surface area contributed by atoms with Crippen LogP contribution in [-0.4, -0.2) is 25.2 Å². The van der Waals surface area contributed by atoms with E-state index in [2.05, 4.69) is 20.0 Å². The lowest BCUT2D eigenvalue weighted by molar-refractivity contribution is -0.111. The predicted octanol–water partition coefficient (Wildman–Crippen LogP) is 4.43. The highest BCUT2D eigenvalue weighted by Crippen LogP contribution is 2.24. The van der Waals surface area contributed by atoms with E-state index < -0.39 is 0 Å². The third-order valence-electron chi connectivity index (χ3n) is 5.00. The van der Waals surface area contributed by atoms with E-state index in [0.29, 0.717) is 5.69 Å². The minimum Gasteiger partial charge on any atom is -0.331 e. The molecule has 0 radical (unpaired) electrons. The summed E-state index contributed by atoms with van der Waals surface area (Å²) in [6.07, 6.45) is 8.56. The topological polar surface area (TPSA) is 64.7 Å². The standard InChI is InChI=1S/C24H22FN5O/c1-17-26-13-14-30(17)16-18-3-10-22(11-4-18)28-23(31)12-7-20-15-27-29(2)24(20)19-5-8-21(25)9-6-19/h3-15H,16H2,1-2H3,(H,28,31). The van der Waals surface area contributed by atoms with Crippen molar-refractivity contribution in [2.24, 2.45) is 7.05 Å². The average molecular weight is 415 g/mol. The molecule has 1 amide bonds. The zero-order chi connectivity index (χ0) is 21.8. The third-order valence-corrected chi connectivity index (χ3v) is 5.00. The van der Waals surface area contributed by atoms with Crippen molar-refractivity contribution >= 4 is 17.7 Å². The number of imidazole rings is 1. The van der Waals surface area contributed by atoms with Gasteiger partial charge < -0.3 is 9.88 Å². The Bertz CT molecular complexity index is 1220. The Hall–Kier alpha value is -4.00. The molecule has 2 aromatic carbocycles. The molecule has 0 saturated carbocycles. The lowest BCUT2D eigenvalue weighted by Crippen LogP contribution is -2.08. The van der Waals surface area contributed by atoms with Gasteiger partial charge in [-0.2, -0.15) is 5.10 Å². The average Bonchev–Trinajstić information content (AvgIpc) is 3.34. The van der Waals surface area contributed by atoms with Crippen LogP contribution in [-0.2, 0) is 18.4 Å². The Labute approximate surface area is 179 Å². The number of anilines is 1. The van der Waals surface area contributed by atoms with Crippen LogP contribution in [0.2, 0.25) is 0 Å². The first-order chi connectivity index (χ1) is 15.0. The zero-order valence-electron chi connectivity index (χ0n) is 17.3. The normalized spacial score (nSPS) is 11.2. The molecule has 2 heterocycles. The fraction of sp³-hybridized carbons (Fsp3) is 0.125. The van der Waals surface area contributed by atoms with Crippen molar-refractivity contribution < 1.29 is 9.18 Å². The quantitative estimate of drug-likeness (QED) is 0.474. The molecule has 0 aliphatic carbocycles. The van der Waals surface area contributed by atoms with Crippen molar-refractivity contribution in [3.05, 3.63) is 96.0 Å².